The van der Waals surface area contributed by atoms with Gasteiger partial charge in [-0.3, -0.25) is 9.59 Å². The van der Waals surface area contributed by atoms with E-state index < -0.39 is 6.04 Å². The molecule has 0 radical (unpaired) electrons. The highest BCUT2D eigenvalue weighted by Crippen LogP contribution is 2.34. The Kier molecular flexibility index (Phi) is 5.64. The summed E-state index contributed by atoms with van der Waals surface area (Å²) in [4.78, 5) is 26.2. The number of carbonyl (C=O) groups is 2. The van der Waals surface area contributed by atoms with Crippen LogP contribution >= 0.6 is 0 Å². The van der Waals surface area contributed by atoms with Crippen LogP contribution in [0, 0.1) is 6.92 Å². The first-order chi connectivity index (χ1) is 13.0. The van der Waals surface area contributed by atoms with Gasteiger partial charge in [0.1, 0.15) is 11.8 Å². The van der Waals surface area contributed by atoms with Gasteiger partial charge < -0.3 is 20.3 Å². The number of nitrogens with one attached hydrogen (secondary N) is 2. The topological polar surface area (TPSA) is 70.7 Å². The van der Waals surface area contributed by atoms with Crippen LogP contribution in [0.25, 0.3) is 0 Å². The van der Waals surface area contributed by atoms with Gasteiger partial charge in [0.2, 0.25) is 11.8 Å². The fourth-order valence-corrected chi connectivity index (χ4v) is 3.10. The first kappa shape index (κ1) is 18.8. The SMILES string of the molecule is COc1cc(NC(C)C(=O)Nc2ccc(C)cc2)ccc1N1CCCC1=O. The molecule has 1 unspecified atom stereocenters. The van der Waals surface area contributed by atoms with Gasteiger partial charge in [-0.05, 0) is 44.5 Å². The number of benzene rings is 2. The number of aryl methyl sites for hydroxylation is 1. The quantitative estimate of drug-likeness (QED) is 0.819. The lowest BCUT2D eigenvalue weighted by atomic mass is 10.2. The predicted octanol–water partition coefficient (Wildman–Crippen LogP) is 3.57. The molecule has 6 heteroatoms. The third-order valence-electron chi connectivity index (χ3n) is 4.64. The molecule has 1 fully saturated rings. The van der Waals surface area contributed by atoms with Gasteiger partial charge in [0.05, 0.1) is 12.8 Å². The number of anilines is 3. The first-order valence-electron chi connectivity index (χ1n) is 9.10. The molecule has 1 atom stereocenters. The van der Waals surface area contributed by atoms with E-state index >= 15 is 0 Å². The number of hydrogen-bond donors (Lipinski definition) is 2. The molecule has 0 bridgehead atoms. The van der Waals surface area contributed by atoms with Crippen LogP contribution in [-0.2, 0) is 9.59 Å². The number of carbonyl (C=O) groups excluding carboxylic acids is 2. The van der Waals surface area contributed by atoms with Gasteiger partial charge in [-0.2, -0.15) is 0 Å². The second kappa shape index (κ2) is 8.12. The van der Waals surface area contributed by atoms with E-state index in [2.05, 4.69) is 10.6 Å². The minimum absolute atomic E-state index is 0.111. The van der Waals surface area contributed by atoms with Gasteiger partial charge in [-0.1, -0.05) is 17.7 Å². The number of methoxy groups -OCH3 is 1. The lowest BCUT2D eigenvalue weighted by molar-refractivity contribution is -0.117. The molecule has 1 saturated heterocycles. The molecule has 2 N–H and O–H groups in total. The van der Waals surface area contributed by atoms with Crippen molar-refractivity contribution in [1.29, 1.82) is 0 Å². The van der Waals surface area contributed by atoms with Crippen LogP contribution in [0.4, 0.5) is 17.1 Å². The van der Waals surface area contributed by atoms with Crippen molar-refractivity contribution >= 4 is 28.9 Å². The Balaban J connectivity index is 1.68. The van der Waals surface area contributed by atoms with Crippen molar-refractivity contribution in [2.24, 2.45) is 0 Å². The highest BCUT2D eigenvalue weighted by atomic mass is 16.5. The van der Waals surface area contributed by atoms with Crippen LogP contribution in [0.15, 0.2) is 42.5 Å². The summed E-state index contributed by atoms with van der Waals surface area (Å²) >= 11 is 0. The normalized spacial score (nSPS) is 14.8. The summed E-state index contributed by atoms with van der Waals surface area (Å²) in [5, 5.41) is 6.08. The minimum Gasteiger partial charge on any atom is -0.494 e. The van der Waals surface area contributed by atoms with Crippen molar-refractivity contribution in [1.82, 2.24) is 0 Å². The standard InChI is InChI=1S/C21H25N3O3/c1-14-6-8-16(9-7-14)23-21(26)15(2)22-17-10-11-18(19(13-17)27-3)24-12-4-5-20(24)25/h6-11,13,15,22H,4-5,12H2,1-3H3,(H,23,26). The van der Waals surface area contributed by atoms with Gasteiger partial charge in [0, 0.05) is 30.4 Å². The maximum absolute atomic E-state index is 12.4. The molecule has 3 rings (SSSR count). The van der Waals surface area contributed by atoms with E-state index in [1.165, 1.54) is 0 Å². The van der Waals surface area contributed by atoms with E-state index in [0.29, 0.717) is 18.7 Å². The summed E-state index contributed by atoms with van der Waals surface area (Å²) in [6, 6.07) is 12.8. The number of hydrogen-bond acceptors (Lipinski definition) is 4. The average Bonchev–Trinajstić information content (AvgIpc) is 3.09. The number of ether oxygens (including phenoxy) is 1. The molecule has 0 aromatic heterocycles. The van der Waals surface area contributed by atoms with E-state index in [9.17, 15) is 9.59 Å². The summed E-state index contributed by atoms with van der Waals surface area (Å²) in [6.45, 7) is 4.51. The van der Waals surface area contributed by atoms with Crippen molar-refractivity contribution in [2.45, 2.75) is 32.7 Å². The molecule has 6 nitrogen and oxygen atoms in total. The Morgan fingerprint density at radius 1 is 1.15 bits per heavy atom. The molecule has 0 spiro atoms. The van der Waals surface area contributed by atoms with E-state index in [1.54, 1.807) is 18.9 Å². The van der Waals surface area contributed by atoms with E-state index in [-0.39, 0.29) is 11.8 Å². The molecule has 1 aliphatic rings. The highest BCUT2D eigenvalue weighted by molar-refractivity contribution is 5.98. The van der Waals surface area contributed by atoms with Crippen LogP contribution in [0.3, 0.4) is 0 Å². The van der Waals surface area contributed by atoms with Gasteiger partial charge in [-0.25, -0.2) is 0 Å². The predicted molar refractivity (Wildman–Crippen MR) is 107 cm³/mol. The summed E-state index contributed by atoms with van der Waals surface area (Å²) in [6.07, 6.45) is 1.43. The molecule has 2 aromatic rings. The highest BCUT2D eigenvalue weighted by Gasteiger charge is 2.24. The molecular formula is C21H25N3O3. The summed E-state index contributed by atoms with van der Waals surface area (Å²) in [5.41, 5.74) is 3.43. The maximum atomic E-state index is 12.4. The van der Waals surface area contributed by atoms with Crippen LogP contribution in [0.5, 0.6) is 5.75 Å². The van der Waals surface area contributed by atoms with Crippen LogP contribution in [0.2, 0.25) is 0 Å². The number of amides is 2. The fraction of sp³-hybridized carbons (Fsp3) is 0.333. The Hall–Kier alpha value is -3.02. The smallest absolute Gasteiger partial charge is 0.246 e. The lowest BCUT2D eigenvalue weighted by Gasteiger charge is -2.21. The Morgan fingerprint density at radius 2 is 1.85 bits per heavy atom. The van der Waals surface area contributed by atoms with Gasteiger partial charge in [-0.15, -0.1) is 0 Å². The van der Waals surface area contributed by atoms with Crippen molar-refractivity contribution in [2.75, 3.05) is 29.2 Å². The van der Waals surface area contributed by atoms with Crippen molar-refractivity contribution in [3.63, 3.8) is 0 Å². The summed E-state index contributed by atoms with van der Waals surface area (Å²) in [5.74, 6) is 0.595. The largest absolute Gasteiger partial charge is 0.494 e. The molecule has 1 aliphatic heterocycles. The summed E-state index contributed by atoms with van der Waals surface area (Å²) in [7, 11) is 1.58. The molecule has 0 saturated carbocycles. The van der Waals surface area contributed by atoms with Gasteiger partial charge in [0.15, 0.2) is 0 Å². The fourth-order valence-electron chi connectivity index (χ4n) is 3.10. The Labute approximate surface area is 159 Å². The second-order valence-corrected chi connectivity index (χ2v) is 6.76. The van der Waals surface area contributed by atoms with Gasteiger partial charge in [0.25, 0.3) is 0 Å². The number of rotatable bonds is 6. The maximum Gasteiger partial charge on any atom is 0.246 e. The Morgan fingerprint density at radius 3 is 2.48 bits per heavy atom. The van der Waals surface area contributed by atoms with Crippen LogP contribution in [0.1, 0.15) is 25.3 Å². The van der Waals surface area contributed by atoms with E-state index in [4.69, 9.17) is 4.74 Å². The molecule has 2 aromatic carbocycles. The third-order valence-corrected chi connectivity index (χ3v) is 4.64. The zero-order chi connectivity index (χ0) is 19.4. The molecule has 142 valence electrons. The van der Waals surface area contributed by atoms with E-state index in [0.717, 1.165) is 29.0 Å². The molecular weight excluding hydrogens is 342 g/mol. The first-order valence-corrected chi connectivity index (χ1v) is 9.10. The van der Waals surface area contributed by atoms with Crippen molar-refractivity contribution < 1.29 is 14.3 Å². The zero-order valence-electron chi connectivity index (χ0n) is 15.9. The lowest BCUT2D eigenvalue weighted by Crippen LogP contribution is -2.32. The Bertz CT molecular complexity index is 833. The van der Waals surface area contributed by atoms with Crippen LogP contribution in [-0.4, -0.2) is 31.5 Å². The molecule has 0 aliphatic carbocycles. The molecule has 27 heavy (non-hydrogen) atoms. The monoisotopic (exact) mass is 367 g/mol. The molecule has 2 amide bonds. The summed E-state index contributed by atoms with van der Waals surface area (Å²) < 4.78 is 5.46. The average molecular weight is 367 g/mol. The van der Waals surface area contributed by atoms with Crippen molar-refractivity contribution in [3.8, 4) is 5.75 Å². The zero-order valence-corrected chi connectivity index (χ0v) is 15.9. The minimum atomic E-state index is -0.435. The van der Waals surface area contributed by atoms with Crippen molar-refractivity contribution in [3.05, 3.63) is 48.0 Å². The third kappa shape index (κ3) is 4.39. The van der Waals surface area contributed by atoms with Gasteiger partial charge >= 0.3 is 0 Å². The van der Waals surface area contributed by atoms with Crippen LogP contribution < -0.4 is 20.3 Å². The molecule has 1 heterocycles. The number of nitrogens with zero attached hydrogens (tertiary/aromatic N) is 1. The van der Waals surface area contributed by atoms with E-state index in [1.807, 2.05) is 49.4 Å². The second-order valence-electron chi connectivity index (χ2n) is 6.76.